The van der Waals surface area contributed by atoms with E-state index >= 15 is 0 Å². The summed E-state index contributed by atoms with van der Waals surface area (Å²) < 4.78 is 5.85. The van der Waals surface area contributed by atoms with Crippen LogP contribution in [0.3, 0.4) is 0 Å². The van der Waals surface area contributed by atoms with Crippen molar-refractivity contribution in [2.45, 2.75) is 52.2 Å². The zero-order valence-corrected chi connectivity index (χ0v) is 12.3. The van der Waals surface area contributed by atoms with Gasteiger partial charge in [-0.15, -0.1) is 0 Å². The zero-order valence-electron chi connectivity index (χ0n) is 12.3. The molecule has 104 valence electrons. The molecule has 1 saturated heterocycles. The highest BCUT2D eigenvalue weighted by Gasteiger charge is 2.59. The quantitative estimate of drug-likeness (QED) is 0.886. The van der Waals surface area contributed by atoms with E-state index < -0.39 is 0 Å². The highest BCUT2D eigenvalue weighted by Crippen LogP contribution is 2.53. The summed E-state index contributed by atoms with van der Waals surface area (Å²) in [6, 6.07) is 9.51. The number of hydrogen-bond donors (Lipinski definition) is 1. The van der Waals surface area contributed by atoms with E-state index in [4.69, 9.17) is 4.74 Å². The number of rotatable bonds is 4. The lowest BCUT2D eigenvalue weighted by Gasteiger charge is -2.55. The van der Waals surface area contributed by atoms with Crippen molar-refractivity contribution in [3.05, 3.63) is 29.8 Å². The molecule has 2 heteroatoms. The van der Waals surface area contributed by atoms with E-state index in [1.807, 2.05) is 0 Å². The SMILES string of the molecule is CCCc1ccc(NC2C3CCOC3C2(C)C)cc1. The summed E-state index contributed by atoms with van der Waals surface area (Å²) in [5, 5.41) is 3.73. The molecule has 1 aromatic carbocycles. The molecule has 1 aliphatic heterocycles. The van der Waals surface area contributed by atoms with Gasteiger partial charge in [-0.3, -0.25) is 0 Å². The van der Waals surface area contributed by atoms with Crippen LogP contribution in [-0.4, -0.2) is 18.8 Å². The highest BCUT2D eigenvalue weighted by atomic mass is 16.5. The van der Waals surface area contributed by atoms with Gasteiger partial charge in [0, 0.05) is 29.7 Å². The standard InChI is InChI=1S/C17H25NO/c1-4-5-12-6-8-13(9-7-12)18-15-14-10-11-19-16(14)17(15,2)3/h6-9,14-16,18H,4-5,10-11H2,1-3H3. The lowest BCUT2D eigenvalue weighted by molar-refractivity contribution is -0.0923. The number of fused-ring (bicyclic) bond motifs is 1. The van der Waals surface area contributed by atoms with Crippen molar-refractivity contribution in [3.8, 4) is 0 Å². The van der Waals surface area contributed by atoms with Crippen molar-refractivity contribution >= 4 is 5.69 Å². The fourth-order valence-corrected chi connectivity index (χ4v) is 3.85. The molecule has 3 unspecified atom stereocenters. The Morgan fingerprint density at radius 1 is 1.26 bits per heavy atom. The van der Waals surface area contributed by atoms with E-state index in [1.165, 1.54) is 30.5 Å². The zero-order chi connectivity index (χ0) is 13.5. The summed E-state index contributed by atoms with van der Waals surface area (Å²) in [6.45, 7) is 7.81. The van der Waals surface area contributed by atoms with Crippen LogP contribution in [0, 0.1) is 11.3 Å². The van der Waals surface area contributed by atoms with Gasteiger partial charge in [0.25, 0.3) is 0 Å². The third-order valence-electron chi connectivity index (χ3n) is 4.92. The van der Waals surface area contributed by atoms with Crippen molar-refractivity contribution in [1.29, 1.82) is 0 Å². The van der Waals surface area contributed by atoms with Crippen LogP contribution in [0.5, 0.6) is 0 Å². The lowest BCUT2D eigenvalue weighted by atomic mass is 9.57. The second-order valence-electron chi connectivity index (χ2n) is 6.63. The normalized spacial score (nSPS) is 31.6. The molecule has 2 fully saturated rings. The first-order valence-electron chi connectivity index (χ1n) is 7.60. The summed E-state index contributed by atoms with van der Waals surface area (Å²) in [5.41, 5.74) is 2.94. The van der Waals surface area contributed by atoms with Crippen LogP contribution in [-0.2, 0) is 11.2 Å². The van der Waals surface area contributed by atoms with Crippen LogP contribution in [0.15, 0.2) is 24.3 Å². The Morgan fingerprint density at radius 2 is 2.00 bits per heavy atom. The molecule has 1 saturated carbocycles. The highest BCUT2D eigenvalue weighted by molar-refractivity contribution is 5.47. The maximum absolute atomic E-state index is 5.85. The minimum Gasteiger partial charge on any atom is -0.381 e. The van der Waals surface area contributed by atoms with E-state index in [2.05, 4.69) is 50.4 Å². The van der Waals surface area contributed by atoms with Gasteiger partial charge in [-0.2, -0.15) is 0 Å². The van der Waals surface area contributed by atoms with Gasteiger partial charge < -0.3 is 10.1 Å². The monoisotopic (exact) mass is 259 g/mol. The number of benzene rings is 1. The topological polar surface area (TPSA) is 21.3 Å². The van der Waals surface area contributed by atoms with E-state index in [1.54, 1.807) is 0 Å². The summed E-state index contributed by atoms with van der Waals surface area (Å²) in [6.07, 6.45) is 4.06. The van der Waals surface area contributed by atoms with E-state index in [0.29, 0.717) is 18.1 Å². The van der Waals surface area contributed by atoms with Crippen LogP contribution in [0.2, 0.25) is 0 Å². The number of hydrogen-bond acceptors (Lipinski definition) is 2. The molecule has 0 bridgehead atoms. The van der Waals surface area contributed by atoms with Gasteiger partial charge in [0.15, 0.2) is 0 Å². The molecule has 2 aliphatic rings. The average molecular weight is 259 g/mol. The molecule has 0 amide bonds. The van der Waals surface area contributed by atoms with E-state index in [0.717, 1.165) is 6.61 Å². The predicted molar refractivity (Wildman–Crippen MR) is 79.5 cm³/mol. The van der Waals surface area contributed by atoms with Gasteiger partial charge in [0.2, 0.25) is 0 Å². The predicted octanol–water partition coefficient (Wildman–Crippen LogP) is 3.86. The second kappa shape index (κ2) is 4.82. The lowest BCUT2D eigenvalue weighted by Crippen LogP contribution is -2.63. The Balaban J connectivity index is 1.68. The summed E-state index contributed by atoms with van der Waals surface area (Å²) in [5.74, 6) is 0.699. The minimum absolute atomic E-state index is 0.253. The van der Waals surface area contributed by atoms with Crippen molar-refractivity contribution in [2.75, 3.05) is 11.9 Å². The molecule has 0 spiro atoms. The number of nitrogens with one attached hydrogen (secondary N) is 1. The van der Waals surface area contributed by atoms with Crippen molar-refractivity contribution in [3.63, 3.8) is 0 Å². The summed E-state index contributed by atoms with van der Waals surface area (Å²) >= 11 is 0. The molecule has 3 atom stereocenters. The first-order chi connectivity index (χ1) is 9.13. The Morgan fingerprint density at radius 3 is 2.68 bits per heavy atom. The third-order valence-corrected chi connectivity index (χ3v) is 4.92. The molecular formula is C17H25NO. The van der Waals surface area contributed by atoms with Gasteiger partial charge in [-0.05, 0) is 30.5 Å². The molecule has 1 aromatic rings. The van der Waals surface area contributed by atoms with Crippen molar-refractivity contribution in [2.24, 2.45) is 11.3 Å². The largest absolute Gasteiger partial charge is 0.381 e. The van der Waals surface area contributed by atoms with Gasteiger partial charge in [0.1, 0.15) is 0 Å². The van der Waals surface area contributed by atoms with Crippen LogP contribution in [0.25, 0.3) is 0 Å². The second-order valence-corrected chi connectivity index (χ2v) is 6.63. The first kappa shape index (κ1) is 13.0. The fourth-order valence-electron chi connectivity index (χ4n) is 3.85. The number of aryl methyl sites for hydroxylation is 1. The van der Waals surface area contributed by atoms with Crippen LogP contribution < -0.4 is 5.32 Å². The Bertz CT molecular complexity index is 437. The Hall–Kier alpha value is -1.02. The molecule has 2 nitrogen and oxygen atoms in total. The maximum atomic E-state index is 5.85. The maximum Gasteiger partial charge on any atom is 0.0694 e. The Labute approximate surface area is 116 Å². The molecule has 1 aliphatic carbocycles. The van der Waals surface area contributed by atoms with Gasteiger partial charge in [0.05, 0.1) is 6.10 Å². The van der Waals surface area contributed by atoms with Gasteiger partial charge >= 0.3 is 0 Å². The van der Waals surface area contributed by atoms with E-state index in [9.17, 15) is 0 Å². The third kappa shape index (κ3) is 2.16. The van der Waals surface area contributed by atoms with Crippen LogP contribution in [0.1, 0.15) is 39.2 Å². The van der Waals surface area contributed by atoms with Gasteiger partial charge in [-0.1, -0.05) is 39.3 Å². The minimum atomic E-state index is 0.253. The molecule has 0 aromatic heterocycles. The number of ether oxygens (including phenoxy) is 1. The summed E-state index contributed by atoms with van der Waals surface area (Å²) in [7, 11) is 0. The van der Waals surface area contributed by atoms with Crippen LogP contribution in [0.4, 0.5) is 5.69 Å². The van der Waals surface area contributed by atoms with Crippen molar-refractivity contribution < 1.29 is 4.74 Å². The van der Waals surface area contributed by atoms with Gasteiger partial charge in [-0.25, -0.2) is 0 Å². The molecule has 1 N–H and O–H groups in total. The molecule has 19 heavy (non-hydrogen) atoms. The molecular weight excluding hydrogens is 234 g/mol. The average Bonchev–Trinajstić information content (AvgIpc) is 2.85. The smallest absolute Gasteiger partial charge is 0.0694 e. The van der Waals surface area contributed by atoms with Crippen LogP contribution >= 0.6 is 0 Å². The number of anilines is 1. The molecule has 0 radical (unpaired) electrons. The van der Waals surface area contributed by atoms with E-state index in [-0.39, 0.29) is 5.41 Å². The summed E-state index contributed by atoms with van der Waals surface area (Å²) in [4.78, 5) is 0. The first-order valence-corrected chi connectivity index (χ1v) is 7.60. The molecule has 3 rings (SSSR count). The molecule has 1 heterocycles. The Kier molecular flexibility index (Phi) is 3.30. The van der Waals surface area contributed by atoms with Crippen molar-refractivity contribution in [1.82, 2.24) is 0 Å². The fraction of sp³-hybridized carbons (Fsp3) is 0.647.